The van der Waals surface area contributed by atoms with Gasteiger partial charge in [-0.3, -0.25) is 15.1 Å². The maximum atomic E-state index is 12.0. The van der Waals surface area contributed by atoms with Crippen LogP contribution >= 0.6 is 0 Å². The minimum absolute atomic E-state index is 0.0786. The molecule has 3 aliphatic rings. The Hall–Kier alpha value is -2.01. The van der Waals surface area contributed by atoms with Crippen molar-refractivity contribution < 1.29 is 24.9 Å². The molecule has 0 saturated carbocycles. The summed E-state index contributed by atoms with van der Waals surface area (Å²) in [5.41, 5.74) is -1.65. The first-order valence-corrected chi connectivity index (χ1v) is 6.60. The second-order valence-corrected chi connectivity index (χ2v) is 5.19. The van der Waals surface area contributed by atoms with E-state index in [1.54, 1.807) is 0 Å². The van der Waals surface area contributed by atoms with Crippen molar-refractivity contribution in [3.8, 4) is 0 Å². The first-order valence-electron chi connectivity index (χ1n) is 6.60. The molecule has 3 aliphatic heterocycles. The van der Waals surface area contributed by atoms with Gasteiger partial charge in [0.15, 0.2) is 23.7 Å². The number of hydrogen-bond acceptors (Lipinski definition) is 9. The van der Waals surface area contributed by atoms with Gasteiger partial charge in [-0.25, -0.2) is 15.0 Å². The van der Waals surface area contributed by atoms with Crippen molar-refractivity contribution in [2.45, 2.75) is 37.0 Å². The molecule has 0 aromatic rings. The molecule has 0 amide bonds. The number of carbonyl (C=O) groups is 1. The van der Waals surface area contributed by atoms with Gasteiger partial charge in [0.05, 0.1) is 12.9 Å². The average molecular weight is 309 g/mol. The molecule has 0 bridgehead atoms. The standard InChI is InChI=1S/C12H15N5O5/c1-5(19)12-10(13)14-3-15-11(12)17(4-16-12)9-8(21)7(20)6(2-18)22-9/h3-4,6-9,13,18,20-21H,2H2,1H3/t6-,7-,8-,9-,12?/m1/s1. The van der Waals surface area contributed by atoms with E-state index < -0.39 is 42.5 Å². The Bertz CT molecular complexity index is 617. The molecule has 5 atom stereocenters. The Morgan fingerprint density at radius 1 is 1.50 bits per heavy atom. The summed E-state index contributed by atoms with van der Waals surface area (Å²) in [5, 5.41) is 36.9. The van der Waals surface area contributed by atoms with E-state index >= 15 is 0 Å². The molecule has 0 spiro atoms. The van der Waals surface area contributed by atoms with E-state index in [2.05, 4.69) is 15.0 Å². The normalized spacial score (nSPS) is 40.1. The number of aliphatic imine (C=N–C) groups is 3. The fraction of sp³-hybridized carbons (Fsp3) is 0.583. The highest BCUT2D eigenvalue weighted by Crippen LogP contribution is 2.32. The van der Waals surface area contributed by atoms with Crippen LogP contribution < -0.4 is 0 Å². The molecule has 0 aliphatic carbocycles. The third kappa shape index (κ3) is 1.78. The van der Waals surface area contributed by atoms with Crippen LogP contribution in [0.4, 0.5) is 0 Å². The lowest BCUT2D eigenvalue weighted by Crippen LogP contribution is -2.56. The second-order valence-electron chi connectivity index (χ2n) is 5.19. The third-order valence-corrected chi connectivity index (χ3v) is 3.95. The van der Waals surface area contributed by atoms with E-state index in [-0.39, 0.29) is 11.7 Å². The van der Waals surface area contributed by atoms with Crippen LogP contribution in [0.25, 0.3) is 0 Å². The zero-order chi connectivity index (χ0) is 16.1. The van der Waals surface area contributed by atoms with E-state index in [0.29, 0.717) is 0 Å². The van der Waals surface area contributed by atoms with Crippen LogP contribution in [0, 0.1) is 5.41 Å². The lowest BCUT2D eigenvalue weighted by atomic mass is 9.92. The minimum Gasteiger partial charge on any atom is -0.394 e. The van der Waals surface area contributed by atoms with Gasteiger partial charge < -0.3 is 20.1 Å². The van der Waals surface area contributed by atoms with E-state index in [0.717, 1.165) is 6.34 Å². The number of nitrogens with zero attached hydrogens (tertiary/aromatic N) is 4. The molecule has 10 heteroatoms. The number of nitrogens with one attached hydrogen (secondary N) is 1. The molecule has 4 N–H and O–H groups in total. The third-order valence-electron chi connectivity index (χ3n) is 3.95. The fourth-order valence-electron chi connectivity index (χ4n) is 2.72. The maximum Gasteiger partial charge on any atom is 0.236 e. The number of ether oxygens (including phenoxy) is 1. The summed E-state index contributed by atoms with van der Waals surface area (Å²) < 4.78 is 5.41. The highest BCUT2D eigenvalue weighted by Gasteiger charge is 2.56. The highest BCUT2D eigenvalue weighted by molar-refractivity contribution is 6.36. The summed E-state index contributed by atoms with van der Waals surface area (Å²) >= 11 is 0. The topological polar surface area (TPSA) is 151 Å². The van der Waals surface area contributed by atoms with Gasteiger partial charge in [0.2, 0.25) is 5.54 Å². The number of ketones is 1. The predicted octanol–water partition coefficient (Wildman–Crippen LogP) is -2.49. The number of hydrogen-bond donors (Lipinski definition) is 4. The van der Waals surface area contributed by atoms with Gasteiger partial charge in [0.1, 0.15) is 24.7 Å². The van der Waals surface area contributed by atoms with Crippen molar-refractivity contribution in [2.24, 2.45) is 15.0 Å². The van der Waals surface area contributed by atoms with Gasteiger partial charge in [-0.15, -0.1) is 0 Å². The Labute approximate surface area is 125 Å². The molecule has 1 saturated heterocycles. The van der Waals surface area contributed by atoms with Crippen LogP contribution in [0.2, 0.25) is 0 Å². The quantitative estimate of drug-likeness (QED) is 0.453. The zero-order valence-electron chi connectivity index (χ0n) is 11.6. The predicted molar refractivity (Wildman–Crippen MR) is 75.2 cm³/mol. The number of amidine groups is 2. The Kier molecular flexibility index (Phi) is 3.40. The molecule has 22 heavy (non-hydrogen) atoms. The molecule has 0 aromatic carbocycles. The molecular formula is C12H15N5O5. The van der Waals surface area contributed by atoms with Gasteiger partial charge in [-0.2, -0.15) is 0 Å². The smallest absolute Gasteiger partial charge is 0.236 e. The summed E-state index contributed by atoms with van der Waals surface area (Å²) in [5.74, 6) is -0.649. The number of fused-ring (bicyclic) bond motifs is 1. The van der Waals surface area contributed by atoms with Gasteiger partial charge in [-0.05, 0) is 6.92 Å². The largest absolute Gasteiger partial charge is 0.394 e. The monoisotopic (exact) mass is 309 g/mol. The number of Topliss-reactive ketones (excluding diaryl/α,β-unsaturated/α-hetero) is 1. The highest BCUT2D eigenvalue weighted by atomic mass is 16.6. The number of aliphatic hydroxyl groups is 3. The molecule has 3 rings (SSSR count). The SMILES string of the molecule is CC(=O)C12N=CN([C@@H]3O[C@H](CO)[C@@H](O)[C@H]3O)C1=NC=NC2=N. The van der Waals surface area contributed by atoms with E-state index in [1.165, 1.54) is 18.2 Å². The minimum atomic E-state index is -1.65. The van der Waals surface area contributed by atoms with Crippen molar-refractivity contribution in [1.82, 2.24) is 4.90 Å². The van der Waals surface area contributed by atoms with Gasteiger partial charge in [-0.1, -0.05) is 0 Å². The van der Waals surface area contributed by atoms with Crippen molar-refractivity contribution in [2.75, 3.05) is 6.61 Å². The zero-order valence-corrected chi connectivity index (χ0v) is 11.6. The van der Waals surface area contributed by atoms with Gasteiger partial charge in [0.25, 0.3) is 0 Å². The molecule has 0 radical (unpaired) electrons. The van der Waals surface area contributed by atoms with Crippen LogP contribution in [-0.2, 0) is 9.53 Å². The average Bonchev–Trinajstić information content (AvgIpc) is 3.01. The molecular weight excluding hydrogens is 294 g/mol. The van der Waals surface area contributed by atoms with Crippen LogP contribution in [0.1, 0.15) is 6.92 Å². The van der Waals surface area contributed by atoms with Gasteiger partial charge in [0, 0.05) is 0 Å². The molecule has 1 unspecified atom stereocenters. The Balaban J connectivity index is 1.97. The van der Waals surface area contributed by atoms with Crippen molar-refractivity contribution in [3.63, 3.8) is 0 Å². The fourth-order valence-corrected chi connectivity index (χ4v) is 2.72. The molecule has 0 aromatic heterocycles. The molecule has 1 fully saturated rings. The number of carbonyl (C=O) groups excluding carboxylic acids is 1. The lowest BCUT2D eigenvalue weighted by Gasteiger charge is -2.31. The van der Waals surface area contributed by atoms with E-state index in [9.17, 15) is 15.0 Å². The Morgan fingerprint density at radius 2 is 2.23 bits per heavy atom. The molecule has 118 valence electrons. The van der Waals surface area contributed by atoms with Crippen LogP contribution in [0.15, 0.2) is 15.0 Å². The van der Waals surface area contributed by atoms with E-state index in [4.69, 9.17) is 15.3 Å². The van der Waals surface area contributed by atoms with Crippen LogP contribution in [0.3, 0.4) is 0 Å². The molecule has 10 nitrogen and oxygen atoms in total. The summed E-state index contributed by atoms with van der Waals surface area (Å²) in [6.45, 7) is 0.796. The van der Waals surface area contributed by atoms with Crippen LogP contribution in [0.5, 0.6) is 0 Å². The maximum absolute atomic E-state index is 12.0. The molecule has 3 heterocycles. The Morgan fingerprint density at radius 3 is 2.82 bits per heavy atom. The second kappa shape index (κ2) is 5.02. The van der Waals surface area contributed by atoms with Crippen molar-refractivity contribution in [1.29, 1.82) is 5.41 Å². The first-order chi connectivity index (χ1) is 10.4. The van der Waals surface area contributed by atoms with Crippen molar-refractivity contribution >= 4 is 30.1 Å². The number of rotatable bonds is 3. The van der Waals surface area contributed by atoms with Crippen molar-refractivity contribution in [3.05, 3.63) is 0 Å². The summed E-state index contributed by atoms with van der Waals surface area (Å²) in [6, 6.07) is 0. The summed E-state index contributed by atoms with van der Waals surface area (Å²) in [7, 11) is 0. The lowest BCUT2D eigenvalue weighted by molar-refractivity contribution is -0.118. The number of aliphatic hydroxyl groups excluding tert-OH is 3. The summed E-state index contributed by atoms with van der Waals surface area (Å²) in [6.07, 6.45) is -2.31. The van der Waals surface area contributed by atoms with Gasteiger partial charge >= 0.3 is 0 Å². The first kappa shape index (κ1) is 14.9. The van der Waals surface area contributed by atoms with E-state index in [1.807, 2.05) is 0 Å². The van der Waals surface area contributed by atoms with Crippen LogP contribution in [-0.4, -0.2) is 87.0 Å². The summed E-state index contributed by atoms with van der Waals surface area (Å²) in [4.78, 5) is 25.1.